The largest absolute Gasteiger partial charge is 0.484 e. The first-order valence-corrected chi connectivity index (χ1v) is 10.5. The minimum Gasteiger partial charge on any atom is -0.484 e. The van der Waals surface area contributed by atoms with Crippen molar-refractivity contribution in [2.45, 2.75) is 13.0 Å². The lowest BCUT2D eigenvalue weighted by atomic mass is 10.1. The number of ether oxygens (including phenoxy) is 1. The van der Waals surface area contributed by atoms with Gasteiger partial charge in [0.1, 0.15) is 17.4 Å². The zero-order valence-corrected chi connectivity index (χ0v) is 18.0. The molecule has 0 fully saturated rings. The SMILES string of the molecule is N#C/C(=C\c1ccc(OCC(=O)NCCc2ccccc2)cc1)C(=O)NCc1cccnc1. The van der Waals surface area contributed by atoms with E-state index in [1.807, 2.05) is 42.5 Å². The first kappa shape index (κ1) is 23.2. The van der Waals surface area contributed by atoms with Crippen molar-refractivity contribution in [2.75, 3.05) is 13.2 Å². The van der Waals surface area contributed by atoms with E-state index >= 15 is 0 Å². The number of nitrogens with one attached hydrogen (secondary N) is 2. The molecule has 7 nitrogen and oxygen atoms in total. The minimum atomic E-state index is -0.464. The average Bonchev–Trinajstić information content (AvgIpc) is 2.86. The highest BCUT2D eigenvalue weighted by molar-refractivity contribution is 6.01. The van der Waals surface area contributed by atoms with Gasteiger partial charge in [-0.05, 0) is 47.4 Å². The van der Waals surface area contributed by atoms with Crippen molar-refractivity contribution in [2.24, 2.45) is 0 Å². The Hall–Kier alpha value is -4.44. The molecule has 0 aliphatic heterocycles. The molecule has 0 saturated carbocycles. The molecular formula is C26H24N4O3. The third kappa shape index (κ3) is 7.96. The second-order valence-corrected chi connectivity index (χ2v) is 7.16. The molecule has 2 aromatic carbocycles. The van der Waals surface area contributed by atoms with Crippen LogP contribution in [0.1, 0.15) is 16.7 Å². The predicted molar refractivity (Wildman–Crippen MR) is 125 cm³/mol. The molecule has 166 valence electrons. The number of rotatable bonds is 10. The van der Waals surface area contributed by atoms with Crippen molar-refractivity contribution < 1.29 is 14.3 Å². The van der Waals surface area contributed by atoms with Crippen LogP contribution in [0.2, 0.25) is 0 Å². The number of carbonyl (C=O) groups excluding carboxylic acids is 2. The number of pyridine rings is 1. The van der Waals surface area contributed by atoms with Gasteiger partial charge in [0, 0.05) is 25.5 Å². The molecule has 0 saturated heterocycles. The van der Waals surface area contributed by atoms with Crippen LogP contribution >= 0.6 is 0 Å². The molecule has 3 aromatic rings. The fraction of sp³-hybridized carbons (Fsp3) is 0.154. The molecule has 2 N–H and O–H groups in total. The van der Waals surface area contributed by atoms with E-state index in [0.717, 1.165) is 17.5 Å². The summed E-state index contributed by atoms with van der Waals surface area (Å²) < 4.78 is 5.51. The molecule has 2 amide bonds. The lowest BCUT2D eigenvalue weighted by Gasteiger charge is -2.08. The molecule has 0 spiro atoms. The Morgan fingerprint density at radius 2 is 1.73 bits per heavy atom. The van der Waals surface area contributed by atoms with Crippen LogP contribution in [0.4, 0.5) is 0 Å². The zero-order valence-electron chi connectivity index (χ0n) is 18.0. The number of nitriles is 1. The van der Waals surface area contributed by atoms with Crippen molar-refractivity contribution in [3.05, 3.63) is 101 Å². The van der Waals surface area contributed by atoms with Crippen molar-refractivity contribution in [1.82, 2.24) is 15.6 Å². The zero-order chi connectivity index (χ0) is 23.3. The number of hydrogen-bond acceptors (Lipinski definition) is 5. The van der Waals surface area contributed by atoms with Gasteiger partial charge in [0.2, 0.25) is 0 Å². The monoisotopic (exact) mass is 440 g/mol. The van der Waals surface area contributed by atoms with Crippen LogP contribution in [0.5, 0.6) is 5.75 Å². The first-order chi connectivity index (χ1) is 16.1. The van der Waals surface area contributed by atoms with Crippen LogP contribution in [0.3, 0.4) is 0 Å². The van der Waals surface area contributed by atoms with Gasteiger partial charge in [-0.15, -0.1) is 0 Å². The van der Waals surface area contributed by atoms with Crippen LogP contribution in [-0.2, 0) is 22.6 Å². The maximum Gasteiger partial charge on any atom is 0.262 e. The summed E-state index contributed by atoms with van der Waals surface area (Å²) in [5, 5.41) is 14.9. The lowest BCUT2D eigenvalue weighted by Crippen LogP contribution is -2.30. The van der Waals surface area contributed by atoms with Gasteiger partial charge in [0.15, 0.2) is 6.61 Å². The van der Waals surface area contributed by atoms with E-state index < -0.39 is 5.91 Å². The van der Waals surface area contributed by atoms with E-state index in [0.29, 0.717) is 17.9 Å². The molecule has 0 aliphatic rings. The van der Waals surface area contributed by atoms with Crippen molar-refractivity contribution >= 4 is 17.9 Å². The Balaban J connectivity index is 1.45. The number of carbonyl (C=O) groups is 2. The Morgan fingerprint density at radius 3 is 2.42 bits per heavy atom. The molecule has 0 aliphatic carbocycles. The summed E-state index contributed by atoms with van der Waals surface area (Å²) in [6.45, 7) is 0.728. The molecule has 33 heavy (non-hydrogen) atoms. The van der Waals surface area contributed by atoms with Gasteiger partial charge >= 0.3 is 0 Å². The van der Waals surface area contributed by atoms with Gasteiger partial charge in [-0.1, -0.05) is 48.5 Å². The van der Waals surface area contributed by atoms with Gasteiger partial charge in [-0.25, -0.2) is 0 Å². The molecular weight excluding hydrogens is 416 g/mol. The van der Waals surface area contributed by atoms with Crippen LogP contribution in [0, 0.1) is 11.3 Å². The molecule has 0 atom stereocenters. The Kier molecular flexibility index (Phi) is 8.74. The van der Waals surface area contributed by atoms with Gasteiger partial charge < -0.3 is 15.4 Å². The minimum absolute atomic E-state index is 0.00893. The highest BCUT2D eigenvalue weighted by Gasteiger charge is 2.09. The van der Waals surface area contributed by atoms with Crippen LogP contribution in [0.25, 0.3) is 6.08 Å². The van der Waals surface area contributed by atoms with E-state index in [4.69, 9.17) is 4.74 Å². The number of amides is 2. The molecule has 7 heteroatoms. The quantitative estimate of drug-likeness (QED) is 0.373. The fourth-order valence-corrected chi connectivity index (χ4v) is 2.95. The number of hydrogen-bond donors (Lipinski definition) is 2. The summed E-state index contributed by atoms with van der Waals surface area (Å²) in [5.41, 5.74) is 2.66. The highest BCUT2D eigenvalue weighted by atomic mass is 16.5. The van der Waals surface area contributed by atoms with Crippen LogP contribution in [-0.4, -0.2) is 29.9 Å². The van der Waals surface area contributed by atoms with Crippen LogP contribution in [0.15, 0.2) is 84.7 Å². The number of benzene rings is 2. The molecule has 0 radical (unpaired) electrons. The smallest absolute Gasteiger partial charge is 0.262 e. The number of aromatic nitrogens is 1. The molecule has 0 bridgehead atoms. The standard InChI is InChI=1S/C26H24N4O3/c27-16-23(26(32)30-18-22-7-4-13-28-17-22)15-21-8-10-24(11-9-21)33-19-25(31)29-14-12-20-5-2-1-3-6-20/h1-11,13,15,17H,12,14,18-19H2,(H,29,31)(H,30,32)/b23-15+. The Bertz CT molecular complexity index is 1120. The molecule has 1 heterocycles. The van der Waals surface area contributed by atoms with Gasteiger partial charge in [-0.3, -0.25) is 14.6 Å². The van der Waals surface area contributed by atoms with Crippen molar-refractivity contribution in [3.63, 3.8) is 0 Å². The van der Waals surface area contributed by atoms with Crippen LogP contribution < -0.4 is 15.4 Å². The Morgan fingerprint density at radius 1 is 0.970 bits per heavy atom. The van der Waals surface area contributed by atoms with E-state index in [1.165, 1.54) is 6.08 Å². The third-order valence-electron chi connectivity index (χ3n) is 4.68. The van der Waals surface area contributed by atoms with Gasteiger partial charge in [-0.2, -0.15) is 5.26 Å². The summed E-state index contributed by atoms with van der Waals surface area (Å²) >= 11 is 0. The maximum absolute atomic E-state index is 12.3. The van der Waals surface area contributed by atoms with E-state index in [1.54, 1.807) is 42.7 Å². The average molecular weight is 441 g/mol. The van der Waals surface area contributed by atoms with Gasteiger partial charge in [0.05, 0.1) is 0 Å². The molecule has 1 aromatic heterocycles. The van der Waals surface area contributed by atoms with E-state index in [2.05, 4.69) is 15.6 Å². The summed E-state index contributed by atoms with van der Waals surface area (Å²) in [4.78, 5) is 28.2. The van der Waals surface area contributed by atoms with E-state index in [9.17, 15) is 14.9 Å². The van der Waals surface area contributed by atoms with E-state index in [-0.39, 0.29) is 24.6 Å². The Labute approximate surface area is 192 Å². The molecule has 3 rings (SSSR count). The topological polar surface area (TPSA) is 104 Å². The first-order valence-electron chi connectivity index (χ1n) is 10.5. The second-order valence-electron chi connectivity index (χ2n) is 7.16. The maximum atomic E-state index is 12.3. The normalized spacial score (nSPS) is 10.7. The number of nitrogens with zero attached hydrogens (tertiary/aromatic N) is 2. The highest BCUT2D eigenvalue weighted by Crippen LogP contribution is 2.15. The summed E-state index contributed by atoms with van der Waals surface area (Å²) in [7, 11) is 0. The van der Waals surface area contributed by atoms with Gasteiger partial charge in [0.25, 0.3) is 11.8 Å². The second kappa shape index (κ2) is 12.4. The van der Waals surface area contributed by atoms with Crippen molar-refractivity contribution in [1.29, 1.82) is 5.26 Å². The lowest BCUT2D eigenvalue weighted by molar-refractivity contribution is -0.123. The summed E-state index contributed by atoms with van der Waals surface area (Å²) in [6.07, 6.45) is 5.55. The predicted octanol–water partition coefficient (Wildman–Crippen LogP) is 3.04. The third-order valence-corrected chi connectivity index (χ3v) is 4.68. The summed E-state index contributed by atoms with van der Waals surface area (Å²) in [5.74, 6) is -0.147. The van der Waals surface area contributed by atoms with Crippen molar-refractivity contribution in [3.8, 4) is 11.8 Å². The summed E-state index contributed by atoms with van der Waals surface area (Å²) in [6, 6.07) is 22.3. The fourth-order valence-electron chi connectivity index (χ4n) is 2.95. The molecule has 0 unspecified atom stereocenters.